The molecule has 1 aliphatic rings. The Kier molecular flexibility index (Phi) is 12.9. The van der Waals surface area contributed by atoms with Gasteiger partial charge >= 0.3 is 7.12 Å². The molecule has 6 nitrogen and oxygen atoms in total. The van der Waals surface area contributed by atoms with Crippen molar-refractivity contribution in [3.05, 3.63) is 12.1 Å². The number of hydrogen-bond acceptors (Lipinski definition) is 6. The molecule has 0 saturated carbocycles. The molecule has 1 fully saturated rings. The number of hydrogen-bond donors (Lipinski definition) is 0. The van der Waals surface area contributed by atoms with Crippen molar-refractivity contribution in [1.82, 2.24) is 0 Å². The van der Waals surface area contributed by atoms with E-state index in [-0.39, 0.29) is 24.6 Å². The standard InChI is InChI=1S/C13H25BO4.C7H12O2/c1-7-15-11(16-8-2)9-10-14-17-12(3,4)13(5,6)18-14;1-4-7(8-5-2)9-6-3/h9-11H,7-8H2,1-6H3;1,7H,5-6H2,2-3H3/b10-9+;. The molecule has 0 aromatic carbocycles. The van der Waals surface area contributed by atoms with Gasteiger partial charge in [-0.05, 0) is 67.4 Å². The van der Waals surface area contributed by atoms with Crippen LogP contribution >= 0.6 is 0 Å². The average Bonchev–Trinajstić information content (AvgIpc) is 2.80. The first-order valence-corrected chi connectivity index (χ1v) is 9.63. The highest BCUT2D eigenvalue weighted by Gasteiger charge is 2.50. The maximum atomic E-state index is 5.85. The molecule has 7 heteroatoms. The molecule has 0 amide bonds. The van der Waals surface area contributed by atoms with Crippen molar-refractivity contribution in [3.63, 3.8) is 0 Å². The van der Waals surface area contributed by atoms with E-state index in [9.17, 15) is 0 Å². The summed E-state index contributed by atoms with van der Waals surface area (Å²) < 4.78 is 32.5. The number of terminal acetylenes is 1. The van der Waals surface area contributed by atoms with Gasteiger partial charge in [-0.25, -0.2) is 0 Å². The van der Waals surface area contributed by atoms with Crippen LogP contribution in [0.15, 0.2) is 12.1 Å². The summed E-state index contributed by atoms with van der Waals surface area (Å²) in [6.45, 7) is 18.2. The maximum Gasteiger partial charge on any atom is 0.486 e. The molecule has 0 radical (unpaired) electrons. The first-order chi connectivity index (χ1) is 12.7. The zero-order valence-corrected chi connectivity index (χ0v) is 18.2. The van der Waals surface area contributed by atoms with E-state index in [2.05, 4.69) is 5.92 Å². The summed E-state index contributed by atoms with van der Waals surface area (Å²) in [4.78, 5) is 0. The van der Waals surface area contributed by atoms with Crippen molar-refractivity contribution in [2.24, 2.45) is 0 Å². The van der Waals surface area contributed by atoms with Crippen molar-refractivity contribution >= 4 is 7.12 Å². The largest absolute Gasteiger partial charge is 0.486 e. The third kappa shape index (κ3) is 9.75. The summed E-state index contributed by atoms with van der Waals surface area (Å²) in [5.41, 5.74) is -0.622. The van der Waals surface area contributed by atoms with Gasteiger partial charge in [-0.15, -0.1) is 6.42 Å². The topological polar surface area (TPSA) is 55.4 Å². The molecule has 0 unspecified atom stereocenters. The lowest BCUT2D eigenvalue weighted by Crippen LogP contribution is -2.41. The van der Waals surface area contributed by atoms with Crippen molar-refractivity contribution in [1.29, 1.82) is 0 Å². The fourth-order valence-corrected chi connectivity index (χ4v) is 2.08. The highest BCUT2D eigenvalue weighted by molar-refractivity contribution is 6.51. The lowest BCUT2D eigenvalue weighted by molar-refractivity contribution is -0.103. The predicted octanol–water partition coefficient (Wildman–Crippen LogP) is 3.59. The Morgan fingerprint density at radius 3 is 1.59 bits per heavy atom. The molecular weight excluding hydrogens is 347 g/mol. The number of ether oxygens (including phenoxy) is 4. The van der Waals surface area contributed by atoms with Gasteiger partial charge < -0.3 is 28.3 Å². The lowest BCUT2D eigenvalue weighted by atomic mass is 9.90. The second-order valence-electron chi connectivity index (χ2n) is 6.70. The van der Waals surface area contributed by atoms with Crippen LogP contribution in [0.4, 0.5) is 0 Å². The summed E-state index contributed by atoms with van der Waals surface area (Å²) in [6, 6.07) is 0. The smallest absolute Gasteiger partial charge is 0.400 e. The third-order valence-corrected chi connectivity index (χ3v) is 4.13. The van der Waals surface area contributed by atoms with Crippen LogP contribution < -0.4 is 0 Å². The van der Waals surface area contributed by atoms with Gasteiger partial charge in [0.25, 0.3) is 0 Å². The molecule has 0 atom stereocenters. The maximum absolute atomic E-state index is 5.85. The minimum Gasteiger partial charge on any atom is -0.400 e. The van der Waals surface area contributed by atoms with E-state index in [1.807, 2.05) is 67.4 Å². The quantitative estimate of drug-likeness (QED) is 0.326. The fraction of sp³-hybridized carbons (Fsp3) is 0.800. The van der Waals surface area contributed by atoms with Crippen LogP contribution in [0.5, 0.6) is 0 Å². The Morgan fingerprint density at radius 1 is 0.852 bits per heavy atom. The van der Waals surface area contributed by atoms with Gasteiger partial charge in [-0.3, -0.25) is 0 Å². The number of rotatable bonds is 10. The van der Waals surface area contributed by atoms with Crippen molar-refractivity contribution < 1.29 is 28.3 Å². The second kappa shape index (κ2) is 13.3. The van der Waals surface area contributed by atoms with E-state index in [1.54, 1.807) is 0 Å². The van der Waals surface area contributed by atoms with E-state index < -0.39 is 6.29 Å². The molecule has 156 valence electrons. The highest BCUT2D eigenvalue weighted by Crippen LogP contribution is 2.36. The van der Waals surface area contributed by atoms with Crippen LogP contribution in [0.2, 0.25) is 0 Å². The first-order valence-electron chi connectivity index (χ1n) is 9.63. The van der Waals surface area contributed by atoms with Crippen LogP contribution in [0.3, 0.4) is 0 Å². The third-order valence-electron chi connectivity index (χ3n) is 4.13. The van der Waals surface area contributed by atoms with E-state index >= 15 is 0 Å². The van der Waals surface area contributed by atoms with Gasteiger partial charge in [-0.2, -0.15) is 0 Å². The molecule has 27 heavy (non-hydrogen) atoms. The van der Waals surface area contributed by atoms with Gasteiger partial charge in [0, 0.05) is 26.4 Å². The van der Waals surface area contributed by atoms with Gasteiger partial charge in [0.15, 0.2) is 6.29 Å². The van der Waals surface area contributed by atoms with Gasteiger partial charge in [-0.1, -0.05) is 5.98 Å². The molecular formula is C20H37BO6. The van der Waals surface area contributed by atoms with Crippen molar-refractivity contribution in [2.45, 2.75) is 79.2 Å². The second-order valence-corrected chi connectivity index (χ2v) is 6.70. The van der Waals surface area contributed by atoms with Crippen LogP contribution in [0.25, 0.3) is 0 Å². The van der Waals surface area contributed by atoms with Crippen LogP contribution in [-0.4, -0.2) is 57.3 Å². The van der Waals surface area contributed by atoms with E-state index in [0.717, 1.165) is 0 Å². The predicted molar refractivity (Wildman–Crippen MR) is 108 cm³/mol. The summed E-state index contributed by atoms with van der Waals surface area (Å²) >= 11 is 0. The summed E-state index contributed by atoms with van der Waals surface area (Å²) in [5.74, 6) is 4.21. The minimum atomic E-state index is -0.458. The van der Waals surface area contributed by atoms with E-state index in [1.165, 1.54) is 0 Å². The lowest BCUT2D eigenvalue weighted by Gasteiger charge is -2.32. The molecule has 0 bridgehead atoms. The zero-order valence-electron chi connectivity index (χ0n) is 18.2. The van der Waals surface area contributed by atoms with Gasteiger partial charge in [0.2, 0.25) is 6.29 Å². The molecule has 0 spiro atoms. The average molecular weight is 384 g/mol. The summed E-state index contributed by atoms with van der Waals surface area (Å²) in [7, 11) is -0.349. The molecule has 1 saturated heterocycles. The Balaban J connectivity index is 0.000000636. The Labute approximate surface area is 166 Å². The molecule has 1 aliphatic heterocycles. The van der Waals surface area contributed by atoms with Gasteiger partial charge in [0.05, 0.1) is 11.2 Å². The normalized spacial score (nSPS) is 18.0. The van der Waals surface area contributed by atoms with Crippen molar-refractivity contribution in [3.8, 4) is 12.3 Å². The van der Waals surface area contributed by atoms with E-state index in [0.29, 0.717) is 26.4 Å². The van der Waals surface area contributed by atoms with Crippen LogP contribution in [-0.2, 0) is 28.3 Å². The van der Waals surface area contributed by atoms with E-state index in [4.69, 9.17) is 34.7 Å². The molecule has 0 aliphatic carbocycles. The van der Waals surface area contributed by atoms with Crippen LogP contribution in [0, 0.1) is 12.3 Å². The SMILES string of the molecule is C#CC(OCC)OCC.CCOC(/C=C/B1OC(C)(C)C(C)(C)O1)OCC. The Bertz CT molecular complexity index is 430. The molecule has 0 N–H and O–H groups in total. The zero-order chi connectivity index (χ0) is 20.9. The highest BCUT2D eigenvalue weighted by atomic mass is 16.7. The monoisotopic (exact) mass is 384 g/mol. The Morgan fingerprint density at radius 2 is 1.26 bits per heavy atom. The molecule has 0 aromatic heterocycles. The molecule has 1 heterocycles. The van der Waals surface area contributed by atoms with Crippen LogP contribution in [0.1, 0.15) is 55.4 Å². The summed E-state index contributed by atoms with van der Waals surface area (Å²) in [6.07, 6.45) is 6.09. The minimum absolute atomic E-state index is 0.311. The fourth-order valence-electron chi connectivity index (χ4n) is 2.08. The Hall–Kier alpha value is -0.875. The molecule has 1 rings (SSSR count). The first kappa shape index (κ1) is 26.1. The van der Waals surface area contributed by atoms with Gasteiger partial charge in [0.1, 0.15) is 0 Å². The molecule has 0 aromatic rings. The summed E-state index contributed by atoms with van der Waals surface area (Å²) in [5, 5.41) is 0. The van der Waals surface area contributed by atoms with Crippen molar-refractivity contribution in [2.75, 3.05) is 26.4 Å².